The Balaban J connectivity index is 1.79. The van der Waals surface area contributed by atoms with E-state index >= 15 is 0 Å². The highest BCUT2D eigenvalue weighted by Gasteiger charge is 2.20. The van der Waals surface area contributed by atoms with Gasteiger partial charge in [-0.3, -0.25) is 4.79 Å². The van der Waals surface area contributed by atoms with Gasteiger partial charge in [-0.1, -0.05) is 36.4 Å². The van der Waals surface area contributed by atoms with Gasteiger partial charge in [-0.25, -0.2) is 4.39 Å². The van der Waals surface area contributed by atoms with Crippen LogP contribution < -0.4 is 5.73 Å². The lowest BCUT2D eigenvalue weighted by Crippen LogP contribution is -2.01. The smallest absolute Gasteiger partial charge is 0.286 e. The predicted molar refractivity (Wildman–Crippen MR) is 99.6 cm³/mol. The zero-order valence-electron chi connectivity index (χ0n) is 13.1. The van der Waals surface area contributed by atoms with Crippen LogP contribution >= 0.6 is 11.8 Å². The molecule has 0 aliphatic carbocycles. The number of halogens is 1. The summed E-state index contributed by atoms with van der Waals surface area (Å²) in [5, 5.41) is 1.25. The van der Waals surface area contributed by atoms with Crippen LogP contribution in [0, 0.1) is 5.82 Å². The number of amidine groups is 1. The highest BCUT2D eigenvalue weighted by Crippen LogP contribution is 2.30. The maximum absolute atomic E-state index is 14.0. The SMILES string of the molecule is NC1=NC(=O)/C(=C/c2cn(Cc3ccccc3F)c3ccccc23)S1. The fourth-order valence-corrected chi connectivity index (χ4v) is 3.57. The number of aromatic nitrogens is 1. The molecule has 4 rings (SSSR count). The van der Waals surface area contributed by atoms with Gasteiger partial charge in [-0.15, -0.1) is 0 Å². The number of carbonyl (C=O) groups is 1. The minimum Gasteiger partial charge on any atom is -0.378 e. The molecule has 0 saturated heterocycles. The van der Waals surface area contributed by atoms with Gasteiger partial charge < -0.3 is 10.3 Å². The van der Waals surface area contributed by atoms with E-state index < -0.39 is 0 Å². The maximum Gasteiger partial charge on any atom is 0.286 e. The standard InChI is InChI=1S/C19H14FN3OS/c20-15-7-3-1-5-12(15)10-23-11-13(14-6-2-4-8-16(14)23)9-17-18(24)22-19(21)25-17/h1-9,11H,10H2,(H2,21,22,24)/b17-9-. The van der Waals surface area contributed by atoms with Gasteiger partial charge >= 0.3 is 0 Å². The number of benzene rings is 2. The van der Waals surface area contributed by atoms with Crippen molar-refractivity contribution in [2.45, 2.75) is 6.54 Å². The van der Waals surface area contributed by atoms with Gasteiger partial charge in [0.15, 0.2) is 5.17 Å². The van der Waals surface area contributed by atoms with Crippen LogP contribution in [0.5, 0.6) is 0 Å². The lowest BCUT2D eigenvalue weighted by Gasteiger charge is -2.06. The van der Waals surface area contributed by atoms with E-state index in [0.717, 1.165) is 28.2 Å². The molecule has 1 aliphatic heterocycles. The molecular weight excluding hydrogens is 337 g/mol. The number of fused-ring (bicyclic) bond motifs is 1. The number of amides is 1. The number of aliphatic imine (C=N–C) groups is 1. The maximum atomic E-state index is 14.0. The Morgan fingerprint density at radius 1 is 1.16 bits per heavy atom. The summed E-state index contributed by atoms with van der Waals surface area (Å²) in [6.07, 6.45) is 3.71. The number of hydrogen-bond donors (Lipinski definition) is 1. The first kappa shape index (κ1) is 15.7. The van der Waals surface area contributed by atoms with Gasteiger partial charge in [0.25, 0.3) is 5.91 Å². The third-order valence-electron chi connectivity index (χ3n) is 4.04. The number of carbonyl (C=O) groups excluding carboxylic acids is 1. The lowest BCUT2D eigenvalue weighted by molar-refractivity contribution is -0.113. The molecule has 1 aliphatic rings. The Labute approximate surface area is 147 Å². The van der Waals surface area contributed by atoms with Crippen molar-refractivity contribution in [2.75, 3.05) is 0 Å². The minimum absolute atomic E-state index is 0.233. The topological polar surface area (TPSA) is 60.4 Å². The first-order valence-corrected chi connectivity index (χ1v) is 8.53. The van der Waals surface area contributed by atoms with Gasteiger partial charge in [-0.2, -0.15) is 4.99 Å². The number of hydrogen-bond acceptors (Lipinski definition) is 3. The zero-order valence-corrected chi connectivity index (χ0v) is 14.0. The normalized spacial score (nSPS) is 16.0. The summed E-state index contributed by atoms with van der Waals surface area (Å²) in [7, 11) is 0. The molecule has 1 aromatic heterocycles. The van der Waals surface area contributed by atoms with E-state index in [1.807, 2.05) is 41.1 Å². The largest absolute Gasteiger partial charge is 0.378 e. The number of nitrogens with zero attached hydrogens (tertiary/aromatic N) is 2. The second-order valence-electron chi connectivity index (χ2n) is 5.69. The highest BCUT2D eigenvalue weighted by atomic mass is 32.2. The molecule has 4 nitrogen and oxygen atoms in total. The molecule has 0 unspecified atom stereocenters. The highest BCUT2D eigenvalue weighted by molar-refractivity contribution is 8.18. The van der Waals surface area contributed by atoms with Crippen molar-refractivity contribution in [2.24, 2.45) is 10.7 Å². The molecule has 0 saturated carbocycles. The summed E-state index contributed by atoms with van der Waals surface area (Å²) >= 11 is 1.16. The number of nitrogens with two attached hydrogens (primary N) is 1. The third kappa shape index (κ3) is 2.96. The van der Waals surface area contributed by atoms with Crippen molar-refractivity contribution in [3.8, 4) is 0 Å². The van der Waals surface area contributed by atoms with Crippen molar-refractivity contribution in [1.82, 2.24) is 4.57 Å². The van der Waals surface area contributed by atoms with Crippen molar-refractivity contribution >= 4 is 39.8 Å². The fourth-order valence-electron chi connectivity index (χ4n) is 2.90. The molecule has 2 aromatic carbocycles. The van der Waals surface area contributed by atoms with Gasteiger partial charge in [0.2, 0.25) is 0 Å². The molecule has 0 radical (unpaired) electrons. The second kappa shape index (κ2) is 6.22. The Morgan fingerprint density at radius 3 is 2.68 bits per heavy atom. The molecule has 2 heterocycles. The van der Waals surface area contributed by atoms with Crippen molar-refractivity contribution in [3.63, 3.8) is 0 Å². The molecule has 124 valence electrons. The average Bonchev–Trinajstić information content (AvgIpc) is 3.10. The van der Waals surface area contributed by atoms with Gasteiger partial charge in [-0.05, 0) is 30.0 Å². The number of thioether (sulfide) groups is 1. The molecule has 25 heavy (non-hydrogen) atoms. The molecule has 3 aromatic rings. The van der Waals surface area contributed by atoms with E-state index in [1.165, 1.54) is 6.07 Å². The van der Waals surface area contributed by atoms with Crippen LogP contribution in [0.15, 0.2) is 64.6 Å². The summed E-state index contributed by atoms with van der Waals surface area (Å²) in [5.74, 6) is -0.559. The second-order valence-corrected chi connectivity index (χ2v) is 6.75. The van der Waals surface area contributed by atoms with Gasteiger partial charge in [0, 0.05) is 28.2 Å². The quantitative estimate of drug-likeness (QED) is 0.731. The van der Waals surface area contributed by atoms with E-state index in [1.54, 1.807) is 18.2 Å². The number of para-hydroxylation sites is 1. The van der Waals surface area contributed by atoms with Crippen LogP contribution in [0.25, 0.3) is 17.0 Å². The molecule has 0 bridgehead atoms. The van der Waals surface area contributed by atoms with E-state index in [9.17, 15) is 9.18 Å². The predicted octanol–water partition coefficient (Wildman–Crippen LogP) is 3.76. The van der Waals surface area contributed by atoms with Gasteiger partial charge in [0.05, 0.1) is 11.4 Å². The molecule has 2 N–H and O–H groups in total. The summed E-state index contributed by atoms with van der Waals surface area (Å²) in [6, 6.07) is 14.6. The third-order valence-corrected chi connectivity index (χ3v) is 4.85. The van der Waals surface area contributed by atoms with Crippen LogP contribution in [0.1, 0.15) is 11.1 Å². The van der Waals surface area contributed by atoms with Gasteiger partial charge in [0.1, 0.15) is 5.82 Å². The summed E-state index contributed by atoms with van der Waals surface area (Å²) < 4.78 is 16.0. The Morgan fingerprint density at radius 2 is 1.92 bits per heavy atom. The molecule has 6 heteroatoms. The summed E-state index contributed by atoms with van der Waals surface area (Å²) in [6.45, 7) is 0.413. The number of rotatable bonds is 3. The van der Waals surface area contributed by atoms with Crippen molar-refractivity contribution in [3.05, 3.63) is 76.6 Å². The van der Waals surface area contributed by atoms with E-state index in [4.69, 9.17) is 5.73 Å². The first-order chi connectivity index (χ1) is 12.1. The fraction of sp³-hybridized carbons (Fsp3) is 0.0526. The molecular formula is C19H14FN3OS. The van der Waals surface area contributed by atoms with Crippen LogP contribution in [0.2, 0.25) is 0 Å². The van der Waals surface area contributed by atoms with Crippen molar-refractivity contribution < 1.29 is 9.18 Å². The Kier molecular flexibility index (Phi) is 3.89. The summed E-state index contributed by atoms with van der Waals surface area (Å²) in [5.41, 5.74) is 8.08. The molecule has 1 amide bonds. The van der Waals surface area contributed by atoms with Crippen LogP contribution in [-0.2, 0) is 11.3 Å². The zero-order chi connectivity index (χ0) is 17.4. The molecule has 0 fully saturated rings. The van der Waals surface area contributed by atoms with Crippen LogP contribution in [0.3, 0.4) is 0 Å². The first-order valence-electron chi connectivity index (χ1n) is 7.71. The minimum atomic E-state index is -0.326. The monoisotopic (exact) mass is 351 g/mol. The lowest BCUT2D eigenvalue weighted by atomic mass is 10.1. The Bertz CT molecular complexity index is 1050. The molecule has 0 atom stereocenters. The van der Waals surface area contributed by atoms with E-state index in [-0.39, 0.29) is 16.9 Å². The summed E-state index contributed by atoms with van der Waals surface area (Å²) in [4.78, 5) is 16.1. The van der Waals surface area contributed by atoms with Crippen molar-refractivity contribution in [1.29, 1.82) is 0 Å². The van der Waals surface area contributed by atoms with E-state index in [2.05, 4.69) is 4.99 Å². The average molecular weight is 351 g/mol. The van der Waals surface area contributed by atoms with E-state index in [0.29, 0.717) is 17.0 Å². The molecule has 0 spiro atoms. The van der Waals surface area contributed by atoms with Crippen LogP contribution in [-0.4, -0.2) is 15.6 Å². The Hall–Kier alpha value is -2.86. The van der Waals surface area contributed by atoms with Crippen LogP contribution in [0.4, 0.5) is 4.39 Å².